The molecule has 5 heteroatoms. The molecule has 1 unspecified atom stereocenters. The number of benzene rings is 1. The quantitative estimate of drug-likeness (QED) is 0.861. The summed E-state index contributed by atoms with van der Waals surface area (Å²) < 4.78 is 25.9. The topological polar surface area (TPSA) is 45.8 Å². The van der Waals surface area contributed by atoms with Gasteiger partial charge in [0.25, 0.3) is 0 Å². The SMILES string of the molecule is C=S(C)(=O)Cc1[nH]nc2c(C(C)(C)C)ccc(F)c12. The maximum absolute atomic E-state index is 14.1. The first-order chi connectivity index (χ1) is 8.59. The summed E-state index contributed by atoms with van der Waals surface area (Å²) in [6.45, 7) is 6.16. The van der Waals surface area contributed by atoms with Gasteiger partial charge in [0.2, 0.25) is 0 Å². The molecule has 0 aliphatic heterocycles. The summed E-state index contributed by atoms with van der Waals surface area (Å²) in [4.78, 5) is 0. The maximum atomic E-state index is 14.1. The molecule has 0 radical (unpaired) electrons. The van der Waals surface area contributed by atoms with Gasteiger partial charge >= 0.3 is 0 Å². The third-order valence-electron chi connectivity index (χ3n) is 2.99. The first kappa shape index (κ1) is 14.1. The van der Waals surface area contributed by atoms with Gasteiger partial charge in [0.05, 0.1) is 22.3 Å². The number of H-pyrrole nitrogens is 1. The Morgan fingerprint density at radius 3 is 2.58 bits per heavy atom. The molecule has 3 nitrogen and oxygen atoms in total. The van der Waals surface area contributed by atoms with Crippen molar-refractivity contribution in [2.75, 3.05) is 6.26 Å². The Morgan fingerprint density at radius 1 is 1.42 bits per heavy atom. The van der Waals surface area contributed by atoms with E-state index in [0.717, 1.165) is 5.56 Å². The largest absolute Gasteiger partial charge is 0.280 e. The van der Waals surface area contributed by atoms with Gasteiger partial charge in [-0.3, -0.25) is 9.31 Å². The average Bonchev–Trinajstić information content (AvgIpc) is 2.58. The Balaban J connectivity index is 2.73. The summed E-state index contributed by atoms with van der Waals surface area (Å²) in [6, 6.07) is 3.21. The van der Waals surface area contributed by atoms with Gasteiger partial charge in [0, 0.05) is 6.26 Å². The fourth-order valence-corrected chi connectivity index (χ4v) is 2.98. The standard InChI is InChI=1S/C14H19FN2OS/c1-14(2,3)9-6-7-10(15)12-11(8-19(4,5)18)16-17-13(9)12/h6-7H,4,8H2,1-3,5H3,(H,16,17). The van der Waals surface area contributed by atoms with Gasteiger partial charge in [-0.2, -0.15) is 5.10 Å². The van der Waals surface area contributed by atoms with Crippen LogP contribution < -0.4 is 0 Å². The lowest BCUT2D eigenvalue weighted by Gasteiger charge is -2.19. The van der Waals surface area contributed by atoms with Crippen LogP contribution in [-0.4, -0.2) is 26.5 Å². The highest BCUT2D eigenvalue weighted by atomic mass is 32.2. The Kier molecular flexibility index (Phi) is 3.21. The predicted octanol–water partition coefficient (Wildman–Crippen LogP) is 2.85. The van der Waals surface area contributed by atoms with E-state index in [0.29, 0.717) is 16.6 Å². The third-order valence-corrected chi connectivity index (χ3v) is 3.89. The molecule has 1 aromatic carbocycles. The number of hydrogen-bond donors (Lipinski definition) is 1. The molecular weight excluding hydrogens is 263 g/mol. The van der Waals surface area contributed by atoms with Gasteiger partial charge in [-0.1, -0.05) is 26.8 Å². The fraction of sp³-hybridized carbons (Fsp3) is 0.429. The van der Waals surface area contributed by atoms with Gasteiger partial charge in [0.15, 0.2) is 0 Å². The van der Waals surface area contributed by atoms with Gasteiger partial charge in [0.1, 0.15) is 5.82 Å². The van der Waals surface area contributed by atoms with Crippen molar-refractivity contribution in [3.63, 3.8) is 0 Å². The van der Waals surface area contributed by atoms with Crippen LogP contribution >= 0.6 is 0 Å². The van der Waals surface area contributed by atoms with Crippen LogP contribution in [0.3, 0.4) is 0 Å². The second kappa shape index (κ2) is 4.34. The van der Waals surface area contributed by atoms with Gasteiger partial charge in [-0.05, 0) is 32.4 Å². The summed E-state index contributed by atoms with van der Waals surface area (Å²) in [6.07, 6.45) is 1.56. The van der Waals surface area contributed by atoms with E-state index < -0.39 is 9.52 Å². The Bertz CT molecular complexity index is 724. The second-order valence-corrected chi connectivity index (χ2v) is 8.76. The molecule has 2 aromatic rings. The highest BCUT2D eigenvalue weighted by Gasteiger charge is 2.22. The van der Waals surface area contributed by atoms with Crippen molar-refractivity contribution in [2.45, 2.75) is 31.9 Å². The maximum Gasteiger partial charge on any atom is 0.134 e. The van der Waals surface area contributed by atoms with E-state index in [-0.39, 0.29) is 17.0 Å². The van der Waals surface area contributed by atoms with Crippen molar-refractivity contribution >= 4 is 26.3 Å². The molecule has 19 heavy (non-hydrogen) atoms. The molecule has 0 spiro atoms. The molecule has 0 bridgehead atoms. The van der Waals surface area contributed by atoms with E-state index in [2.05, 4.69) is 36.8 Å². The molecule has 1 aromatic heterocycles. The minimum absolute atomic E-state index is 0.128. The zero-order valence-electron chi connectivity index (χ0n) is 11.7. The molecule has 1 atom stereocenters. The van der Waals surface area contributed by atoms with Crippen molar-refractivity contribution in [1.29, 1.82) is 0 Å². The molecule has 104 valence electrons. The van der Waals surface area contributed by atoms with E-state index in [1.165, 1.54) is 6.07 Å². The number of halogens is 1. The van der Waals surface area contributed by atoms with Crippen molar-refractivity contribution < 1.29 is 8.60 Å². The average molecular weight is 282 g/mol. The summed E-state index contributed by atoms with van der Waals surface area (Å²) >= 11 is 0. The Hall–Kier alpha value is -1.36. The number of nitrogens with zero attached hydrogens (tertiary/aromatic N) is 1. The molecular formula is C14H19FN2OS. The van der Waals surface area contributed by atoms with Gasteiger partial charge in [-0.25, -0.2) is 4.39 Å². The third kappa shape index (κ3) is 2.81. The van der Waals surface area contributed by atoms with Crippen LogP contribution in [0, 0.1) is 5.82 Å². The van der Waals surface area contributed by atoms with Crippen LogP contribution in [0.25, 0.3) is 10.9 Å². The van der Waals surface area contributed by atoms with E-state index in [1.54, 1.807) is 12.3 Å². The number of rotatable bonds is 2. The van der Waals surface area contributed by atoms with Crippen molar-refractivity contribution in [3.8, 4) is 0 Å². The first-order valence-corrected chi connectivity index (χ1v) is 8.36. The zero-order chi connectivity index (χ0) is 14.4. The first-order valence-electron chi connectivity index (χ1n) is 6.05. The molecule has 0 amide bonds. The molecule has 1 N–H and O–H groups in total. The van der Waals surface area contributed by atoms with Gasteiger partial charge in [-0.15, -0.1) is 0 Å². The minimum Gasteiger partial charge on any atom is -0.280 e. The van der Waals surface area contributed by atoms with Crippen molar-refractivity contribution in [2.24, 2.45) is 0 Å². The molecule has 0 saturated heterocycles. The summed E-state index contributed by atoms with van der Waals surface area (Å²) in [5.74, 6) is 3.48. The van der Waals surface area contributed by atoms with E-state index >= 15 is 0 Å². The molecule has 0 aliphatic rings. The van der Waals surface area contributed by atoms with Crippen LogP contribution in [0.15, 0.2) is 12.1 Å². The second-order valence-electron chi connectivity index (χ2n) is 6.10. The van der Waals surface area contributed by atoms with E-state index in [1.807, 2.05) is 0 Å². The summed E-state index contributed by atoms with van der Waals surface area (Å²) in [7, 11) is -2.24. The lowest BCUT2D eigenvalue weighted by molar-refractivity contribution is 0.590. The van der Waals surface area contributed by atoms with E-state index in [4.69, 9.17) is 0 Å². The molecule has 1 heterocycles. The van der Waals surface area contributed by atoms with Gasteiger partial charge < -0.3 is 0 Å². The van der Waals surface area contributed by atoms with Crippen molar-refractivity contribution in [3.05, 3.63) is 29.2 Å². The van der Waals surface area contributed by atoms with Crippen LogP contribution in [0.1, 0.15) is 32.0 Å². The lowest BCUT2D eigenvalue weighted by atomic mass is 9.85. The predicted molar refractivity (Wildman–Crippen MR) is 79.6 cm³/mol. The normalized spacial score (nSPS) is 15.6. The fourth-order valence-electron chi connectivity index (χ4n) is 2.16. The smallest absolute Gasteiger partial charge is 0.134 e. The number of nitrogens with one attached hydrogen (secondary N) is 1. The Morgan fingerprint density at radius 2 is 2.05 bits per heavy atom. The van der Waals surface area contributed by atoms with Crippen LogP contribution in [0.2, 0.25) is 0 Å². The summed E-state index contributed by atoms with van der Waals surface area (Å²) in [5, 5.41) is 7.46. The minimum atomic E-state index is -2.24. The number of fused-ring (bicyclic) bond motifs is 1. The highest BCUT2D eigenvalue weighted by molar-refractivity contribution is 7.98. The highest BCUT2D eigenvalue weighted by Crippen LogP contribution is 2.32. The zero-order valence-corrected chi connectivity index (χ0v) is 12.5. The monoisotopic (exact) mass is 282 g/mol. The van der Waals surface area contributed by atoms with E-state index in [9.17, 15) is 8.60 Å². The Labute approximate surface area is 113 Å². The van der Waals surface area contributed by atoms with Crippen LogP contribution in [0.4, 0.5) is 4.39 Å². The van der Waals surface area contributed by atoms with Crippen molar-refractivity contribution in [1.82, 2.24) is 10.2 Å². The van der Waals surface area contributed by atoms with Crippen LogP contribution in [0.5, 0.6) is 0 Å². The number of hydrogen-bond acceptors (Lipinski definition) is 2. The van der Waals surface area contributed by atoms with Crippen LogP contribution in [-0.2, 0) is 20.7 Å². The number of aromatic amines is 1. The summed E-state index contributed by atoms with van der Waals surface area (Å²) in [5.41, 5.74) is 2.02. The lowest BCUT2D eigenvalue weighted by Crippen LogP contribution is -2.12. The molecule has 2 rings (SSSR count). The molecule has 0 saturated carbocycles. The molecule has 0 fully saturated rings. The molecule has 0 aliphatic carbocycles. The number of aromatic nitrogens is 2.